The van der Waals surface area contributed by atoms with Crippen molar-refractivity contribution in [2.75, 3.05) is 25.4 Å². The summed E-state index contributed by atoms with van der Waals surface area (Å²) >= 11 is 0. The molecule has 0 aromatic heterocycles. The van der Waals surface area contributed by atoms with Gasteiger partial charge in [0.15, 0.2) is 0 Å². The highest BCUT2D eigenvalue weighted by Crippen LogP contribution is 2.36. The van der Waals surface area contributed by atoms with Crippen LogP contribution in [0.2, 0.25) is 0 Å². The van der Waals surface area contributed by atoms with Crippen molar-refractivity contribution in [3.05, 3.63) is 71.8 Å². The van der Waals surface area contributed by atoms with Crippen molar-refractivity contribution in [2.45, 2.75) is 31.6 Å². The third-order valence-electron chi connectivity index (χ3n) is 5.64. The molecule has 6 heteroatoms. The highest BCUT2D eigenvalue weighted by Gasteiger charge is 2.44. The number of rotatable bonds is 7. The lowest BCUT2D eigenvalue weighted by molar-refractivity contribution is -0.128. The van der Waals surface area contributed by atoms with Crippen LogP contribution in [0.5, 0.6) is 0 Å². The topological polar surface area (TPSA) is 66.5 Å². The van der Waals surface area contributed by atoms with E-state index in [2.05, 4.69) is 5.32 Å². The Balaban J connectivity index is 1.74. The van der Waals surface area contributed by atoms with E-state index in [1.54, 1.807) is 6.92 Å². The van der Waals surface area contributed by atoms with Gasteiger partial charge in [-0.15, -0.1) is 0 Å². The highest BCUT2D eigenvalue weighted by molar-refractivity contribution is 7.89. The molecule has 5 nitrogen and oxygen atoms in total. The number of hydrogen-bond donors (Lipinski definition) is 1. The van der Waals surface area contributed by atoms with Crippen LogP contribution in [0.3, 0.4) is 0 Å². The molecule has 2 aromatic rings. The van der Waals surface area contributed by atoms with Gasteiger partial charge in [-0.1, -0.05) is 60.7 Å². The summed E-state index contributed by atoms with van der Waals surface area (Å²) in [6.07, 6.45) is 1.76. The van der Waals surface area contributed by atoms with Gasteiger partial charge < -0.3 is 5.32 Å². The lowest BCUT2D eigenvalue weighted by Gasteiger charge is -2.40. The van der Waals surface area contributed by atoms with E-state index in [9.17, 15) is 13.2 Å². The minimum Gasteiger partial charge on any atom is -0.355 e. The number of nitrogens with zero attached hydrogens (tertiary/aromatic N) is 1. The molecule has 28 heavy (non-hydrogen) atoms. The van der Waals surface area contributed by atoms with Gasteiger partial charge in [-0.2, -0.15) is 0 Å². The van der Waals surface area contributed by atoms with Gasteiger partial charge in [0.2, 0.25) is 15.9 Å². The van der Waals surface area contributed by atoms with Crippen LogP contribution >= 0.6 is 0 Å². The molecule has 1 aliphatic rings. The zero-order chi connectivity index (χ0) is 20.0. The highest BCUT2D eigenvalue weighted by atomic mass is 32.2. The molecule has 0 radical (unpaired) electrons. The largest absolute Gasteiger partial charge is 0.355 e. The smallest absolute Gasteiger partial charge is 0.230 e. The van der Waals surface area contributed by atoms with Crippen LogP contribution in [0.1, 0.15) is 30.9 Å². The van der Waals surface area contributed by atoms with E-state index in [0.717, 1.165) is 12.0 Å². The first-order chi connectivity index (χ1) is 13.5. The second-order valence-corrected chi connectivity index (χ2v) is 9.50. The number of piperidine rings is 1. The number of carbonyl (C=O) groups is 1. The first-order valence-electron chi connectivity index (χ1n) is 9.83. The minimum atomic E-state index is -3.23. The number of amides is 1. The molecule has 0 saturated carbocycles. The molecule has 1 fully saturated rings. The van der Waals surface area contributed by atoms with Crippen molar-refractivity contribution in [3.63, 3.8) is 0 Å². The second-order valence-electron chi connectivity index (χ2n) is 7.24. The number of carbonyl (C=O) groups excluding carboxylic acids is 1. The summed E-state index contributed by atoms with van der Waals surface area (Å²) in [6.45, 7) is 2.97. The van der Waals surface area contributed by atoms with Crippen LogP contribution in [-0.2, 0) is 26.7 Å². The second kappa shape index (κ2) is 8.88. The molecule has 1 amide bonds. The Morgan fingerprint density at radius 2 is 1.57 bits per heavy atom. The van der Waals surface area contributed by atoms with Crippen LogP contribution in [0.25, 0.3) is 0 Å². The van der Waals surface area contributed by atoms with Crippen molar-refractivity contribution in [1.29, 1.82) is 0 Å². The average Bonchev–Trinajstić information content (AvgIpc) is 2.75. The van der Waals surface area contributed by atoms with Crippen molar-refractivity contribution in [3.8, 4) is 0 Å². The van der Waals surface area contributed by atoms with Crippen molar-refractivity contribution >= 4 is 15.9 Å². The summed E-state index contributed by atoms with van der Waals surface area (Å²) in [5.74, 6) is 0.0809. The zero-order valence-electron chi connectivity index (χ0n) is 16.3. The van der Waals surface area contributed by atoms with E-state index in [1.807, 2.05) is 60.7 Å². The summed E-state index contributed by atoms with van der Waals surface area (Å²) in [4.78, 5) is 13.3. The fourth-order valence-corrected chi connectivity index (χ4v) is 4.97. The van der Waals surface area contributed by atoms with Gasteiger partial charge in [0, 0.05) is 19.6 Å². The molecule has 0 spiro atoms. The molecule has 0 atom stereocenters. The molecule has 0 bridgehead atoms. The molecular formula is C22H28N2O3S. The minimum absolute atomic E-state index is 0.0109. The monoisotopic (exact) mass is 400 g/mol. The maximum Gasteiger partial charge on any atom is 0.230 e. The van der Waals surface area contributed by atoms with E-state index < -0.39 is 15.4 Å². The molecule has 1 saturated heterocycles. The van der Waals surface area contributed by atoms with Crippen molar-refractivity contribution in [2.24, 2.45) is 0 Å². The molecular weight excluding hydrogens is 372 g/mol. The summed E-state index contributed by atoms with van der Waals surface area (Å²) < 4.78 is 26.0. The molecule has 2 aromatic carbocycles. The lowest BCUT2D eigenvalue weighted by atomic mass is 9.72. The van der Waals surface area contributed by atoms with Gasteiger partial charge in [-0.05, 0) is 37.3 Å². The van der Waals surface area contributed by atoms with Gasteiger partial charge in [0.05, 0.1) is 11.2 Å². The van der Waals surface area contributed by atoms with Crippen LogP contribution in [0, 0.1) is 0 Å². The number of benzene rings is 2. The van der Waals surface area contributed by atoms with Crippen molar-refractivity contribution in [1.82, 2.24) is 9.62 Å². The fourth-order valence-electron chi connectivity index (χ4n) is 3.87. The quantitative estimate of drug-likeness (QED) is 0.777. The number of sulfonamides is 1. The fraction of sp³-hybridized carbons (Fsp3) is 0.409. The molecule has 0 aliphatic carbocycles. The van der Waals surface area contributed by atoms with Crippen LogP contribution in [0.15, 0.2) is 60.7 Å². The molecule has 150 valence electrons. The van der Waals surface area contributed by atoms with Gasteiger partial charge in [-0.3, -0.25) is 4.79 Å². The predicted molar refractivity (Wildman–Crippen MR) is 112 cm³/mol. The third kappa shape index (κ3) is 4.45. The number of nitrogens with one attached hydrogen (secondary N) is 1. The first-order valence-corrected chi connectivity index (χ1v) is 11.4. The Morgan fingerprint density at radius 3 is 2.14 bits per heavy atom. The standard InChI is InChI=1S/C22H28N2O3S/c1-2-28(26,27)24-17-14-22(15-18-24,20-11-7-4-8-12-20)21(25)23-16-13-19-9-5-3-6-10-19/h3-12H,2,13-18H2,1H3,(H,23,25). The van der Waals surface area contributed by atoms with E-state index in [0.29, 0.717) is 32.5 Å². The van der Waals surface area contributed by atoms with E-state index in [-0.39, 0.29) is 11.7 Å². The predicted octanol–water partition coefficient (Wildman–Crippen LogP) is 2.73. The molecule has 3 rings (SSSR count). The third-order valence-corrected chi connectivity index (χ3v) is 7.52. The lowest BCUT2D eigenvalue weighted by Crippen LogP contribution is -2.53. The first kappa shape index (κ1) is 20.6. The number of hydrogen-bond acceptors (Lipinski definition) is 3. The zero-order valence-corrected chi connectivity index (χ0v) is 17.1. The van der Waals surface area contributed by atoms with Gasteiger partial charge in [0.25, 0.3) is 0 Å². The molecule has 1 heterocycles. The Labute approximate surface area is 167 Å². The van der Waals surface area contributed by atoms with E-state index in [4.69, 9.17) is 0 Å². The van der Waals surface area contributed by atoms with E-state index in [1.165, 1.54) is 9.87 Å². The SMILES string of the molecule is CCS(=O)(=O)N1CCC(C(=O)NCCc2ccccc2)(c2ccccc2)CC1. The summed E-state index contributed by atoms with van der Waals surface area (Å²) in [5.41, 5.74) is 1.46. The Hall–Kier alpha value is -2.18. The summed E-state index contributed by atoms with van der Waals surface area (Å²) in [7, 11) is -3.23. The maximum atomic E-state index is 13.3. The van der Waals surface area contributed by atoms with Crippen molar-refractivity contribution < 1.29 is 13.2 Å². The van der Waals surface area contributed by atoms with Gasteiger partial charge in [-0.25, -0.2) is 12.7 Å². The maximum absolute atomic E-state index is 13.3. The Bertz CT molecular complexity index is 875. The summed E-state index contributed by atoms with van der Waals surface area (Å²) in [6, 6.07) is 19.8. The Morgan fingerprint density at radius 1 is 1.00 bits per heavy atom. The normalized spacial score (nSPS) is 17.2. The average molecular weight is 401 g/mol. The Kier molecular flexibility index (Phi) is 6.52. The van der Waals surface area contributed by atoms with Crippen LogP contribution < -0.4 is 5.32 Å². The molecule has 1 aliphatic heterocycles. The van der Waals surface area contributed by atoms with Gasteiger partial charge in [0.1, 0.15) is 0 Å². The van der Waals surface area contributed by atoms with Crippen LogP contribution in [-0.4, -0.2) is 44.0 Å². The molecule has 0 unspecified atom stereocenters. The molecule has 1 N–H and O–H groups in total. The van der Waals surface area contributed by atoms with E-state index >= 15 is 0 Å². The van der Waals surface area contributed by atoms with Gasteiger partial charge >= 0.3 is 0 Å². The van der Waals surface area contributed by atoms with Crippen LogP contribution in [0.4, 0.5) is 0 Å². The summed E-state index contributed by atoms with van der Waals surface area (Å²) in [5, 5.41) is 3.10.